The molecule has 1 heterocycles. The fourth-order valence-electron chi connectivity index (χ4n) is 1.43. The summed E-state index contributed by atoms with van der Waals surface area (Å²) in [4.78, 5) is 14.8. The zero-order valence-electron chi connectivity index (χ0n) is 10.9. The lowest BCUT2D eigenvalue weighted by Crippen LogP contribution is -2.36. The summed E-state index contributed by atoms with van der Waals surface area (Å²) in [6.07, 6.45) is 2.04. The maximum atomic E-state index is 12.3. The van der Waals surface area contributed by atoms with E-state index in [-0.39, 0.29) is 11.9 Å². The van der Waals surface area contributed by atoms with Crippen molar-refractivity contribution in [3.05, 3.63) is 21.9 Å². The van der Waals surface area contributed by atoms with Crippen LogP contribution < -0.4 is 5.73 Å². The predicted octanol–water partition coefficient (Wildman–Crippen LogP) is 1.88. The molecule has 1 aromatic rings. The number of thioether (sulfide) groups is 1. The highest BCUT2D eigenvalue weighted by atomic mass is 32.2. The van der Waals surface area contributed by atoms with E-state index in [4.69, 9.17) is 5.73 Å². The smallest absolute Gasteiger partial charge is 0.265 e. The molecule has 18 heavy (non-hydrogen) atoms. The number of carbonyl (C=O) groups excluding carboxylic acids is 1. The molecular formula is C13H18N2OS2. The zero-order chi connectivity index (χ0) is 13.5. The Bertz CT molecular complexity index is 459. The number of carbonyl (C=O) groups is 1. The molecule has 3 nitrogen and oxygen atoms in total. The van der Waals surface area contributed by atoms with Gasteiger partial charge in [0.25, 0.3) is 5.91 Å². The van der Waals surface area contributed by atoms with Gasteiger partial charge in [0, 0.05) is 24.4 Å². The van der Waals surface area contributed by atoms with Crippen LogP contribution in [0.15, 0.2) is 11.4 Å². The molecule has 0 fully saturated rings. The third-order valence-corrected chi connectivity index (χ3v) is 4.29. The summed E-state index contributed by atoms with van der Waals surface area (Å²) < 4.78 is 0. The Morgan fingerprint density at radius 1 is 1.67 bits per heavy atom. The number of nitrogens with zero attached hydrogens (tertiary/aromatic N) is 1. The lowest BCUT2D eigenvalue weighted by molar-refractivity contribution is 0.0762. The molecular weight excluding hydrogens is 264 g/mol. The zero-order valence-corrected chi connectivity index (χ0v) is 12.5. The van der Waals surface area contributed by atoms with Crippen LogP contribution in [-0.2, 0) is 0 Å². The monoisotopic (exact) mass is 282 g/mol. The molecule has 1 rings (SSSR count). The van der Waals surface area contributed by atoms with Crippen LogP contribution in [0, 0.1) is 11.8 Å². The second kappa shape index (κ2) is 7.47. The molecule has 0 bridgehead atoms. The molecule has 1 aromatic heterocycles. The minimum Gasteiger partial charge on any atom is -0.337 e. The Kier molecular flexibility index (Phi) is 6.27. The Hall–Kier alpha value is -0.960. The van der Waals surface area contributed by atoms with Gasteiger partial charge in [-0.15, -0.1) is 11.3 Å². The molecule has 1 unspecified atom stereocenters. The first-order valence-corrected chi connectivity index (χ1v) is 7.91. The van der Waals surface area contributed by atoms with Gasteiger partial charge in [0.1, 0.15) is 4.88 Å². The summed E-state index contributed by atoms with van der Waals surface area (Å²) in [5.74, 6) is 6.69. The molecule has 98 valence electrons. The van der Waals surface area contributed by atoms with Crippen LogP contribution in [0.2, 0.25) is 0 Å². The van der Waals surface area contributed by atoms with Gasteiger partial charge >= 0.3 is 0 Å². The number of hydrogen-bond donors (Lipinski definition) is 1. The quantitative estimate of drug-likeness (QED) is 0.858. The molecule has 0 aliphatic rings. The average molecular weight is 282 g/mol. The van der Waals surface area contributed by atoms with E-state index in [1.807, 2.05) is 31.7 Å². The van der Waals surface area contributed by atoms with Crippen LogP contribution in [0.1, 0.15) is 22.2 Å². The van der Waals surface area contributed by atoms with Crippen LogP contribution in [-0.4, -0.2) is 42.4 Å². The van der Waals surface area contributed by atoms with E-state index in [0.29, 0.717) is 11.4 Å². The molecule has 2 N–H and O–H groups in total. The molecule has 0 saturated carbocycles. The molecule has 0 spiro atoms. The van der Waals surface area contributed by atoms with Gasteiger partial charge in [0.15, 0.2) is 0 Å². The third-order valence-electron chi connectivity index (χ3n) is 2.57. The molecule has 0 aliphatic carbocycles. The Labute approximate surface area is 117 Å². The van der Waals surface area contributed by atoms with Gasteiger partial charge in [-0.2, -0.15) is 11.8 Å². The van der Waals surface area contributed by atoms with Crippen molar-refractivity contribution in [2.75, 3.05) is 25.6 Å². The second-order valence-electron chi connectivity index (χ2n) is 3.89. The van der Waals surface area contributed by atoms with Crippen LogP contribution in [0.5, 0.6) is 0 Å². The van der Waals surface area contributed by atoms with E-state index in [2.05, 4.69) is 11.8 Å². The van der Waals surface area contributed by atoms with E-state index in [0.717, 1.165) is 11.3 Å². The summed E-state index contributed by atoms with van der Waals surface area (Å²) >= 11 is 3.17. The Balaban J connectivity index is 2.87. The average Bonchev–Trinajstić information content (AvgIpc) is 2.83. The number of hydrogen-bond acceptors (Lipinski definition) is 4. The molecule has 0 aromatic carbocycles. The first kappa shape index (κ1) is 15.1. The first-order valence-electron chi connectivity index (χ1n) is 5.64. The fourth-order valence-corrected chi connectivity index (χ4v) is 2.97. The lowest BCUT2D eigenvalue weighted by Gasteiger charge is -2.23. The maximum absolute atomic E-state index is 12.3. The van der Waals surface area contributed by atoms with E-state index < -0.39 is 0 Å². The highest BCUT2D eigenvalue weighted by Crippen LogP contribution is 2.19. The van der Waals surface area contributed by atoms with Crippen molar-refractivity contribution in [2.24, 2.45) is 5.73 Å². The Morgan fingerprint density at radius 3 is 3.00 bits per heavy atom. The standard InChI is InChI=1S/C13H18N2OS2/c1-10(9-17-3)15(2)13(16)12-11(5-4-7-14)6-8-18-12/h6,8,10H,7,9,14H2,1-3H3. The topological polar surface area (TPSA) is 46.3 Å². The van der Waals surface area contributed by atoms with Crippen molar-refractivity contribution >= 4 is 29.0 Å². The first-order chi connectivity index (χ1) is 8.61. The van der Waals surface area contributed by atoms with Crippen LogP contribution in [0.25, 0.3) is 0 Å². The normalized spacial score (nSPS) is 11.6. The van der Waals surface area contributed by atoms with E-state index in [9.17, 15) is 4.79 Å². The van der Waals surface area contributed by atoms with Crippen molar-refractivity contribution in [1.29, 1.82) is 0 Å². The van der Waals surface area contributed by atoms with Crippen molar-refractivity contribution in [3.63, 3.8) is 0 Å². The summed E-state index contributed by atoms with van der Waals surface area (Å²) in [5, 5.41) is 1.89. The molecule has 1 amide bonds. The van der Waals surface area contributed by atoms with Gasteiger partial charge < -0.3 is 10.6 Å². The van der Waals surface area contributed by atoms with Crippen LogP contribution >= 0.6 is 23.1 Å². The van der Waals surface area contributed by atoms with E-state index in [1.54, 1.807) is 16.7 Å². The highest BCUT2D eigenvalue weighted by molar-refractivity contribution is 7.98. The lowest BCUT2D eigenvalue weighted by atomic mass is 10.2. The van der Waals surface area contributed by atoms with Crippen molar-refractivity contribution in [1.82, 2.24) is 4.90 Å². The highest BCUT2D eigenvalue weighted by Gasteiger charge is 2.20. The molecule has 1 atom stereocenters. The summed E-state index contributed by atoms with van der Waals surface area (Å²) in [7, 11) is 1.84. The molecule has 5 heteroatoms. The van der Waals surface area contributed by atoms with Crippen molar-refractivity contribution in [2.45, 2.75) is 13.0 Å². The summed E-state index contributed by atoms with van der Waals surface area (Å²) in [6.45, 7) is 2.36. The minimum atomic E-state index is 0.0351. The maximum Gasteiger partial charge on any atom is 0.265 e. The van der Waals surface area contributed by atoms with Gasteiger partial charge in [-0.3, -0.25) is 4.79 Å². The second-order valence-corrected chi connectivity index (χ2v) is 5.72. The summed E-state index contributed by atoms with van der Waals surface area (Å²) in [6, 6.07) is 2.08. The van der Waals surface area contributed by atoms with E-state index >= 15 is 0 Å². The fraction of sp³-hybridized carbons (Fsp3) is 0.462. The minimum absolute atomic E-state index is 0.0351. The van der Waals surface area contributed by atoms with Gasteiger partial charge in [-0.1, -0.05) is 11.8 Å². The molecule has 0 saturated heterocycles. The molecule has 0 radical (unpaired) electrons. The summed E-state index contributed by atoms with van der Waals surface area (Å²) in [5.41, 5.74) is 6.13. The predicted molar refractivity (Wildman–Crippen MR) is 80.2 cm³/mol. The van der Waals surface area contributed by atoms with Gasteiger partial charge in [-0.05, 0) is 24.6 Å². The largest absolute Gasteiger partial charge is 0.337 e. The molecule has 0 aliphatic heterocycles. The van der Waals surface area contributed by atoms with Gasteiger partial charge in [0.05, 0.1) is 6.54 Å². The van der Waals surface area contributed by atoms with Gasteiger partial charge in [-0.25, -0.2) is 0 Å². The number of nitrogens with two attached hydrogens (primary N) is 1. The Morgan fingerprint density at radius 2 is 2.39 bits per heavy atom. The SMILES string of the molecule is CSCC(C)N(C)C(=O)c1sccc1C#CCN. The van der Waals surface area contributed by atoms with Crippen LogP contribution in [0.3, 0.4) is 0 Å². The third kappa shape index (κ3) is 3.77. The number of amides is 1. The van der Waals surface area contributed by atoms with Gasteiger partial charge in [0.2, 0.25) is 0 Å². The van der Waals surface area contributed by atoms with Crippen molar-refractivity contribution in [3.8, 4) is 11.8 Å². The van der Waals surface area contributed by atoms with Crippen LogP contribution in [0.4, 0.5) is 0 Å². The number of rotatable bonds is 4. The number of thiophene rings is 1. The van der Waals surface area contributed by atoms with Crippen molar-refractivity contribution < 1.29 is 4.79 Å². The van der Waals surface area contributed by atoms with E-state index in [1.165, 1.54) is 11.3 Å².